The fraction of sp³-hybridized carbons (Fsp3) is 0.364. The molecule has 0 N–H and O–H groups in total. The first-order valence-electron chi connectivity index (χ1n) is 4.78. The van der Waals surface area contributed by atoms with Crippen molar-refractivity contribution < 1.29 is 0 Å². The van der Waals surface area contributed by atoms with E-state index in [4.69, 9.17) is 0 Å². The van der Waals surface area contributed by atoms with Gasteiger partial charge in [-0.1, -0.05) is 35.8 Å². The molecule has 0 aliphatic heterocycles. The largest absolute Gasteiger partial charge is 0.265 e. The molecule has 2 rings (SSSR count). The lowest BCUT2D eigenvalue weighted by Gasteiger charge is -2.06. The molecule has 74 valence electrons. The van der Waals surface area contributed by atoms with Gasteiger partial charge < -0.3 is 0 Å². The number of nitrogens with zero attached hydrogens (tertiary/aromatic N) is 2. The lowest BCUT2D eigenvalue weighted by Crippen LogP contribution is -2.05. The zero-order valence-electron chi connectivity index (χ0n) is 8.37. The maximum Gasteiger partial charge on any atom is 0.0693 e. The molecule has 0 saturated heterocycles. The highest BCUT2D eigenvalue weighted by Crippen LogP contribution is 2.23. The highest BCUT2D eigenvalue weighted by Gasteiger charge is 2.05. The van der Waals surface area contributed by atoms with E-state index >= 15 is 0 Å². The maximum atomic E-state index is 4.38. The third-order valence-electron chi connectivity index (χ3n) is 2.17. The van der Waals surface area contributed by atoms with E-state index in [-0.39, 0.29) is 0 Å². The third kappa shape index (κ3) is 1.69. The molecular formula is C11H13BrN2. The van der Waals surface area contributed by atoms with E-state index in [1.807, 2.05) is 18.3 Å². The van der Waals surface area contributed by atoms with Crippen molar-refractivity contribution in [3.63, 3.8) is 0 Å². The highest BCUT2D eigenvalue weighted by atomic mass is 79.9. The van der Waals surface area contributed by atoms with Gasteiger partial charge in [0.1, 0.15) is 0 Å². The van der Waals surface area contributed by atoms with Crippen molar-refractivity contribution in [2.24, 2.45) is 5.92 Å². The molecule has 0 bridgehead atoms. The predicted octanol–water partition coefficient (Wildman–Crippen LogP) is 3.45. The number of fused-ring (bicyclic) bond motifs is 1. The summed E-state index contributed by atoms with van der Waals surface area (Å²) in [5, 5.41) is 5.57. The van der Waals surface area contributed by atoms with Gasteiger partial charge in [0.05, 0.1) is 11.7 Å². The van der Waals surface area contributed by atoms with E-state index in [0.717, 1.165) is 11.0 Å². The molecule has 0 radical (unpaired) electrons. The van der Waals surface area contributed by atoms with Crippen molar-refractivity contribution in [1.82, 2.24) is 9.78 Å². The molecule has 0 aliphatic rings. The Bertz CT molecular complexity index is 445. The lowest BCUT2D eigenvalue weighted by molar-refractivity contribution is 0.495. The first kappa shape index (κ1) is 9.71. The average molecular weight is 253 g/mol. The van der Waals surface area contributed by atoms with Gasteiger partial charge in [0, 0.05) is 16.4 Å². The predicted molar refractivity (Wildman–Crippen MR) is 62.3 cm³/mol. The van der Waals surface area contributed by atoms with Gasteiger partial charge in [-0.05, 0) is 18.1 Å². The van der Waals surface area contributed by atoms with Gasteiger partial charge in [-0.3, -0.25) is 4.68 Å². The van der Waals surface area contributed by atoms with Gasteiger partial charge in [-0.25, -0.2) is 0 Å². The Balaban J connectivity index is 2.52. The van der Waals surface area contributed by atoms with Crippen LogP contribution in [0, 0.1) is 5.92 Å². The molecule has 0 aliphatic carbocycles. The van der Waals surface area contributed by atoms with E-state index in [0.29, 0.717) is 5.92 Å². The first-order chi connectivity index (χ1) is 6.68. The van der Waals surface area contributed by atoms with Crippen LogP contribution in [0.3, 0.4) is 0 Å². The molecule has 1 aromatic carbocycles. The fourth-order valence-electron chi connectivity index (χ4n) is 1.56. The van der Waals surface area contributed by atoms with Crippen LogP contribution < -0.4 is 0 Å². The molecule has 3 heteroatoms. The second kappa shape index (κ2) is 3.73. The molecule has 1 heterocycles. The number of aromatic nitrogens is 2. The zero-order valence-corrected chi connectivity index (χ0v) is 9.95. The molecule has 0 saturated carbocycles. The summed E-state index contributed by atoms with van der Waals surface area (Å²) in [5.74, 6) is 0.622. The Morgan fingerprint density at radius 3 is 2.93 bits per heavy atom. The van der Waals surface area contributed by atoms with Crippen LogP contribution in [0.1, 0.15) is 13.8 Å². The van der Waals surface area contributed by atoms with Crippen LogP contribution in [-0.4, -0.2) is 9.78 Å². The summed E-state index contributed by atoms with van der Waals surface area (Å²) < 4.78 is 3.18. The lowest BCUT2D eigenvalue weighted by atomic mass is 10.2. The normalized spacial score (nSPS) is 11.4. The van der Waals surface area contributed by atoms with Crippen molar-refractivity contribution in [1.29, 1.82) is 0 Å². The minimum absolute atomic E-state index is 0.622. The van der Waals surface area contributed by atoms with Gasteiger partial charge in [-0.2, -0.15) is 5.10 Å². The van der Waals surface area contributed by atoms with Crippen LogP contribution in [0.5, 0.6) is 0 Å². The summed E-state index contributed by atoms with van der Waals surface area (Å²) in [6, 6.07) is 6.20. The molecule has 0 atom stereocenters. The number of hydrogen-bond donors (Lipinski definition) is 0. The van der Waals surface area contributed by atoms with E-state index in [9.17, 15) is 0 Å². The van der Waals surface area contributed by atoms with Crippen molar-refractivity contribution in [3.05, 3.63) is 28.9 Å². The second-order valence-electron chi connectivity index (χ2n) is 3.89. The Labute approximate surface area is 92.0 Å². The van der Waals surface area contributed by atoms with Crippen LogP contribution in [0.25, 0.3) is 10.9 Å². The van der Waals surface area contributed by atoms with Gasteiger partial charge in [-0.15, -0.1) is 0 Å². The third-order valence-corrected chi connectivity index (χ3v) is 2.86. The summed E-state index contributed by atoms with van der Waals surface area (Å²) in [5.41, 5.74) is 1.20. The Kier molecular flexibility index (Phi) is 2.59. The standard InChI is InChI=1S/C11H13BrN2/c1-8(2)7-14-11-5-3-4-10(12)9(11)6-13-14/h3-6,8H,7H2,1-2H3. The van der Waals surface area contributed by atoms with E-state index in [2.05, 4.69) is 45.6 Å². The average Bonchev–Trinajstić information content (AvgIpc) is 2.49. The van der Waals surface area contributed by atoms with Crippen LogP contribution in [0.2, 0.25) is 0 Å². The van der Waals surface area contributed by atoms with Gasteiger partial charge in [0.2, 0.25) is 0 Å². The van der Waals surface area contributed by atoms with E-state index in [1.54, 1.807) is 0 Å². The molecule has 1 aromatic heterocycles. The summed E-state index contributed by atoms with van der Waals surface area (Å²) in [6.07, 6.45) is 1.92. The Morgan fingerprint density at radius 1 is 1.43 bits per heavy atom. The van der Waals surface area contributed by atoms with Crippen LogP contribution in [0.4, 0.5) is 0 Å². The minimum atomic E-state index is 0.622. The Hall–Kier alpha value is -0.830. The van der Waals surface area contributed by atoms with Gasteiger partial charge in [0.15, 0.2) is 0 Å². The van der Waals surface area contributed by atoms with Crippen LogP contribution in [-0.2, 0) is 6.54 Å². The summed E-state index contributed by atoms with van der Waals surface area (Å²) >= 11 is 3.52. The van der Waals surface area contributed by atoms with Crippen molar-refractivity contribution >= 4 is 26.8 Å². The van der Waals surface area contributed by atoms with E-state index in [1.165, 1.54) is 10.9 Å². The molecule has 0 fully saturated rings. The molecule has 14 heavy (non-hydrogen) atoms. The first-order valence-corrected chi connectivity index (χ1v) is 5.58. The molecule has 2 aromatic rings. The molecule has 0 spiro atoms. The zero-order chi connectivity index (χ0) is 10.1. The van der Waals surface area contributed by atoms with Gasteiger partial charge >= 0.3 is 0 Å². The smallest absolute Gasteiger partial charge is 0.0693 e. The highest BCUT2D eigenvalue weighted by molar-refractivity contribution is 9.10. The molecule has 0 unspecified atom stereocenters. The van der Waals surface area contributed by atoms with Crippen LogP contribution in [0.15, 0.2) is 28.9 Å². The Morgan fingerprint density at radius 2 is 2.21 bits per heavy atom. The topological polar surface area (TPSA) is 17.8 Å². The van der Waals surface area contributed by atoms with Crippen LogP contribution >= 0.6 is 15.9 Å². The minimum Gasteiger partial charge on any atom is -0.265 e. The number of halogens is 1. The van der Waals surface area contributed by atoms with E-state index < -0.39 is 0 Å². The summed E-state index contributed by atoms with van der Waals surface area (Å²) in [7, 11) is 0. The van der Waals surface area contributed by atoms with Crippen molar-refractivity contribution in [3.8, 4) is 0 Å². The molecular weight excluding hydrogens is 240 g/mol. The second-order valence-corrected chi connectivity index (χ2v) is 4.75. The summed E-state index contributed by atoms with van der Waals surface area (Å²) in [4.78, 5) is 0. The number of hydrogen-bond acceptors (Lipinski definition) is 1. The number of benzene rings is 1. The SMILES string of the molecule is CC(C)Cn1ncc2c(Br)cccc21. The number of rotatable bonds is 2. The fourth-order valence-corrected chi connectivity index (χ4v) is 2.02. The van der Waals surface area contributed by atoms with Crippen molar-refractivity contribution in [2.45, 2.75) is 20.4 Å². The van der Waals surface area contributed by atoms with Gasteiger partial charge in [0.25, 0.3) is 0 Å². The van der Waals surface area contributed by atoms with Crippen molar-refractivity contribution in [2.75, 3.05) is 0 Å². The molecule has 0 amide bonds. The maximum absolute atomic E-state index is 4.38. The summed E-state index contributed by atoms with van der Waals surface area (Å²) in [6.45, 7) is 5.37. The quantitative estimate of drug-likeness (QED) is 0.801. The monoisotopic (exact) mass is 252 g/mol. The molecule has 2 nitrogen and oxygen atoms in total.